The maximum absolute atomic E-state index is 3.57. The molecule has 1 N–H and O–H groups in total. The van der Waals surface area contributed by atoms with Crippen LogP contribution in [0.25, 0.3) is 0 Å². The van der Waals surface area contributed by atoms with Crippen molar-refractivity contribution in [1.82, 2.24) is 5.32 Å². The zero-order valence-electron chi connectivity index (χ0n) is 10.4. The van der Waals surface area contributed by atoms with Crippen LogP contribution in [0.3, 0.4) is 0 Å². The minimum atomic E-state index is 0.601. The highest BCUT2D eigenvalue weighted by Gasteiger charge is 2.04. The molecule has 1 aromatic rings. The van der Waals surface area contributed by atoms with Crippen LogP contribution in [-0.2, 0) is 6.54 Å². The van der Waals surface area contributed by atoms with Gasteiger partial charge in [0.05, 0.1) is 0 Å². The summed E-state index contributed by atoms with van der Waals surface area (Å²) >= 11 is 0. The molecule has 0 radical (unpaired) electrons. The average molecular weight is 205 g/mol. The Bertz CT molecular complexity index is 291. The molecule has 0 aromatic heterocycles. The molecule has 0 spiro atoms. The molecule has 0 unspecified atom stereocenters. The van der Waals surface area contributed by atoms with E-state index in [9.17, 15) is 0 Å². The van der Waals surface area contributed by atoms with Crippen LogP contribution in [0.1, 0.15) is 38.3 Å². The molecule has 1 rings (SSSR count). The summed E-state index contributed by atoms with van der Waals surface area (Å²) < 4.78 is 0. The van der Waals surface area contributed by atoms with Gasteiger partial charge in [-0.3, -0.25) is 0 Å². The van der Waals surface area contributed by atoms with Gasteiger partial charge in [-0.15, -0.1) is 0 Å². The Kier molecular flexibility index (Phi) is 4.83. The van der Waals surface area contributed by atoms with Gasteiger partial charge >= 0.3 is 0 Å². The lowest BCUT2D eigenvalue weighted by Crippen LogP contribution is -2.27. The second kappa shape index (κ2) is 5.92. The van der Waals surface area contributed by atoms with Crippen LogP contribution in [0.2, 0.25) is 0 Å². The highest BCUT2D eigenvalue weighted by molar-refractivity contribution is 5.25. The zero-order valence-corrected chi connectivity index (χ0v) is 10.4. The SMILES string of the molecule is Cc1ccccc1CN[C@@H](C)CC(C)C. The van der Waals surface area contributed by atoms with E-state index in [0.717, 1.165) is 12.5 Å². The number of nitrogens with one attached hydrogen (secondary N) is 1. The molecule has 1 heteroatoms. The van der Waals surface area contributed by atoms with Crippen LogP contribution in [-0.4, -0.2) is 6.04 Å². The van der Waals surface area contributed by atoms with E-state index in [1.807, 2.05) is 0 Å². The van der Waals surface area contributed by atoms with Gasteiger partial charge in [0.2, 0.25) is 0 Å². The Morgan fingerprint density at radius 1 is 1.13 bits per heavy atom. The molecule has 0 bridgehead atoms. The molecule has 0 saturated carbocycles. The van der Waals surface area contributed by atoms with Gasteiger partial charge in [0.15, 0.2) is 0 Å². The Morgan fingerprint density at radius 3 is 2.40 bits per heavy atom. The van der Waals surface area contributed by atoms with Crippen LogP contribution < -0.4 is 5.32 Å². The van der Waals surface area contributed by atoms with E-state index in [1.165, 1.54) is 17.5 Å². The third-order valence-electron chi connectivity index (χ3n) is 2.73. The van der Waals surface area contributed by atoms with Crippen LogP contribution >= 0.6 is 0 Å². The number of benzene rings is 1. The molecule has 15 heavy (non-hydrogen) atoms. The second-order valence-electron chi connectivity index (χ2n) is 4.84. The summed E-state index contributed by atoms with van der Waals surface area (Å²) in [6.45, 7) is 9.96. The summed E-state index contributed by atoms with van der Waals surface area (Å²) in [7, 11) is 0. The Hall–Kier alpha value is -0.820. The minimum Gasteiger partial charge on any atom is -0.310 e. The standard InChI is InChI=1S/C14H23N/c1-11(2)9-13(4)15-10-14-8-6-5-7-12(14)3/h5-8,11,13,15H,9-10H2,1-4H3/t13-/m0/s1. The highest BCUT2D eigenvalue weighted by atomic mass is 14.9. The molecule has 84 valence electrons. The van der Waals surface area contributed by atoms with Crippen molar-refractivity contribution in [3.8, 4) is 0 Å². The highest BCUT2D eigenvalue weighted by Crippen LogP contribution is 2.08. The average Bonchev–Trinajstić information content (AvgIpc) is 2.15. The fourth-order valence-electron chi connectivity index (χ4n) is 1.88. The third kappa shape index (κ3) is 4.48. The number of hydrogen-bond acceptors (Lipinski definition) is 1. The summed E-state index contributed by atoms with van der Waals surface area (Å²) in [6, 6.07) is 9.17. The van der Waals surface area contributed by atoms with Gasteiger partial charge in [0.1, 0.15) is 0 Å². The molecule has 1 nitrogen and oxygen atoms in total. The van der Waals surface area contributed by atoms with Gasteiger partial charge in [0.25, 0.3) is 0 Å². The summed E-state index contributed by atoms with van der Waals surface area (Å²) in [5.41, 5.74) is 2.79. The first-order valence-corrected chi connectivity index (χ1v) is 5.87. The molecule has 1 aromatic carbocycles. The van der Waals surface area contributed by atoms with Crippen molar-refractivity contribution in [3.63, 3.8) is 0 Å². The lowest BCUT2D eigenvalue weighted by Gasteiger charge is -2.16. The summed E-state index contributed by atoms with van der Waals surface area (Å²) in [5, 5.41) is 3.57. The van der Waals surface area contributed by atoms with Gasteiger partial charge in [0, 0.05) is 12.6 Å². The van der Waals surface area contributed by atoms with Gasteiger partial charge < -0.3 is 5.32 Å². The maximum Gasteiger partial charge on any atom is 0.0210 e. The predicted molar refractivity (Wildman–Crippen MR) is 66.9 cm³/mol. The molecular formula is C14H23N. The summed E-state index contributed by atoms with van der Waals surface area (Å²) in [5.74, 6) is 0.768. The summed E-state index contributed by atoms with van der Waals surface area (Å²) in [4.78, 5) is 0. The quantitative estimate of drug-likeness (QED) is 0.775. The van der Waals surface area contributed by atoms with E-state index in [1.54, 1.807) is 0 Å². The molecule has 0 aliphatic heterocycles. The zero-order chi connectivity index (χ0) is 11.3. The maximum atomic E-state index is 3.57. The molecule has 0 amide bonds. The summed E-state index contributed by atoms with van der Waals surface area (Å²) in [6.07, 6.45) is 1.24. The van der Waals surface area contributed by atoms with Crippen molar-refractivity contribution in [2.24, 2.45) is 5.92 Å². The van der Waals surface area contributed by atoms with Crippen LogP contribution in [0.4, 0.5) is 0 Å². The van der Waals surface area contributed by atoms with Gasteiger partial charge in [-0.05, 0) is 37.3 Å². The molecule has 1 atom stereocenters. The minimum absolute atomic E-state index is 0.601. The molecule has 0 aliphatic rings. The normalized spacial score (nSPS) is 13.1. The van der Waals surface area contributed by atoms with E-state index in [2.05, 4.69) is 57.3 Å². The Labute approximate surface area is 93.9 Å². The molecular weight excluding hydrogens is 182 g/mol. The van der Waals surface area contributed by atoms with Crippen LogP contribution in [0.5, 0.6) is 0 Å². The number of rotatable bonds is 5. The lowest BCUT2D eigenvalue weighted by atomic mass is 10.0. The van der Waals surface area contributed by atoms with E-state index >= 15 is 0 Å². The van der Waals surface area contributed by atoms with E-state index < -0.39 is 0 Å². The van der Waals surface area contributed by atoms with Crippen LogP contribution in [0.15, 0.2) is 24.3 Å². The smallest absolute Gasteiger partial charge is 0.0210 e. The Balaban J connectivity index is 2.40. The molecule has 0 aliphatic carbocycles. The van der Waals surface area contributed by atoms with Crippen molar-refractivity contribution in [2.45, 2.75) is 46.7 Å². The number of aryl methyl sites for hydroxylation is 1. The van der Waals surface area contributed by atoms with Gasteiger partial charge in [-0.1, -0.05) is 38.1 Å². The molecule has 0 heterocycles. The van der Waals surface area contributed by atoms with Crippen molar-refractivity contribution < 1.29 is 0 Å². The van der Waals surface area contributed by atoms with Gasteiger partial charge in [-0.2, -0.15) is 0 Å². The molecule has 0 saturated heterocycles. The second-order valence-corrected chi connectivity index (χ2v) is 4.84. The first-order chi connectivity index (χ1) is 7.09. The van der Waals surface area contributed by atoms with Gasteiger partial charge in [-0.25, -0.2) is 0 Å². The van der Waals surface area contributed by atoms with E-state index in [4.69, 9.17) is 0 Å². The fourth-order valence-corrected chi connectivity index (χ4v) is 1.88. The first kappa shape index (κ1) is 12.3. The Morgan fingerprint density at radius 2 is 1.80 bits per heavy atom. The number of hydrogen-bond donors (Lipinski definition) is 1. The monoisotopic (exact) mass is 205 g/mol. The van der Waals surface area contributed by atoms with Crippen LogP contribution in [0, 0.1) is 12.8 Å². The van der Waals surface area contributed by atoms with E-state index in [-0.39, 0.29) is 0 Å². The fraction of sp³-hybridized carbons (Fsp3) is 0.571. The van der Waals surface area contributed by atoms with E-state index in [0.29, 0.717) is 6.04 Å². The third-order valence-corrected chi connectivity index (χ3v) is 2.73. The van der Waals surface area contributed by atoms with Crippen molar-refractivity contribution >= 4 is 0 Å². The van der Waals surface area contributed by atoms with Crippen molar-refractivity contribution in [1.29, 1.82) is 0 Å². The lowest BCUT2D eigenvalue weighted by molar-refractivity contribution is 0.441. The van der Waals surface area contributed by atoms with Crippen molar-refractivity contribution in [3.05, 3.63) is 35.4 Å². The van der Waals surface area contributed by atoms with Crippen molar-refractivity contribution in [2.75, 3.05) is 0 Å². The first-order valence-electron chi connectivity index (χ1n) is 5.87. The predicted octanol–water partition coefficient (Wildman–Crippen LogP) is 3.52. The molecule has 0 fully saturated rings. The largest absolute Gasteiger partial charge is 0.310 e. The topological polar surface area (TPSA) is 12.0 Å².